The van der Waals surface area contributed by atoms with E-state index in [-0.39, 0.29) is 17.6 Å². The third-order valence-corrected chi connectivity index (χ3v) is 5.52. The van der Waals surface area contributed by atoms with Crippen LogP contribution < -0.4 is 0 Å². The molecule has 0 bridgehead atoms. The third-order valence-electron chi connectivity index (χ3n) is 5.52. The molecule has 136 valence electrons. The molecule has 1 aromatic carbocycles. The SMILES string of the molecule is O=C(c1ccoc1)N1CC[C@@]2(CCCN(Cc3ccc(F)cc3)C2=O)C1. The number of likely N-dealkylation sites (tertiary alicyclic amines) is 2. The lowest BCUT2D eigenvalue weighted by Crippen LogP contribution is -2.50. The molecule has 2 fully saturated rings. The van der Waals surface area contributed by atoms with E-state index in [0.29, 0.717) is 38.2 Å². The summed E-state index contributed by atoms with van der Waals surface area (Å²) in [5.74, 6) is -0.256. The number of rotatable bonds is 3. The van der Waals surface area contributed by atoms with Gasteiger partial charge in [0.05, 0.1) is 17.2 Å². The molecule has 4 rings (SSSR count). The van der Waals surface area contributed by atoms with Crippen molar-refractivity contribution in [3.05, 3.63) is 59.8 Å². The number of benzene rings is 1. The fourth-order valence-corrected chi connectivity index (χ4v) is 4.11. The maximum Gasteiger partial charge on any atom is 0.257 e. The quantitative estimate of drug-likeness (QED) is 0.849. The zero-order valence-electron chi connectivity index (χ0n) is 14.5. The van der Waals surface area contributed by atoms with Crippen molar-refractivity contribution in [3.8, 4) is 0 Å². The number of nitrogens with zero attached hydrogens (tertiary/aromatic N) is 2. The zero-order chi connectivity index (χ0) is 18.1. The highest BCUT2D eigenvalue weighted by Gasteiger charge is 2.49. The lowest BCUT2D eigenvalue weighted by molar-refractivity contribution is -0.146. The van der Waals surface area contributed by atoms with Crippen molar-refractivity contribution in [3.63, 3.8) is 0 Å². The molecule has 26 heavy (non-hydrogen) atoms. The average molecular weight is 356 g/mol. The second-order valence-electron chi connectivity index (χ2n) is 7.23. The molecule has 0 radical (unpaired) electrons. The summed E-state index contributed by atoms with van der Waals surface area (Å²) in [4.78, 5) is 29.3. The summed E-state index contributed by atoms with van der Waals surface area (Å²) in [5.41, 5.74) is 0.951. The van der Waals surface area contributed by atoms with Gasteiger partial charge >= 0.3 is 0 Å². The van der Waals surface area contributed by atoms with Gasteiger partial charge in [-0.1, -0.05) is 12.1 Å². The van der Waals surface area contributed by atoms with Gasteiger partial charge < -0.3 is 14.2 Å². The molecule has 3 heterocycles. The lowest BCUT2D eigenvalue weighted by atomic mass is 9.78. The monoisotopic (exact) mass is 356 g/mol. The fourth-order valence-electron chi connectivity index (χ4n) is 4.11. The van der Waals surface area contributed by atoms with E-state index in [4.69, 9.17) is 4.42 Å². The van der Waals surface area contributed by atoms with E-state index in [2.05, 4.69) is 0 Å². The molecule has 6 heteroatoms. The van der Waals surface area contributed by atoms with Gasteiger partial charge in [-0.3, -0.25) is 9.59 Å². The normalized spacial score (nSPS) is 23.0. The Morgan fingerprint density at radius 2 is 1.96 bits per heavy atom. The molecule has 0 N–H and O–H groups in total. The maximum atomic E-state index is 13.2. The summed E-state index contributed by atoms with van der Waals surface area (Å²) in [6, 6.07) is 7.91. The van der Waals surface area contributed by atoms with Gasteiger partial charge in [0.25, 0.3) is 5.91 Å². The van der Waals surface area contributed by atoms with Crippen molar-refractivity contribution in [2.24, 2.45) is 5.41 Å². The Hall–Kier alpha value is -2.63. The molecule has 1 atom stereocenters. The number of halogens is 1. The molecule has 2 aliphatic heterocycles. The van der Waals surface area contributed by atoms with E-state index in [9.17, 15) is 14.0 Å². The van der Waals surface area contributed by atoms with Gasteiger partial charge in [-0.2, -0.15) is 0 Å². The van der Waals surface area contributed by atoms with E-state index in [0.717, 1.165) is 18.4 Å². The molecule has 2 aliphatic rings. The summed E-state index contributed by atoms with van der Waals surface area (Å²) in [6.07, 6.45) is 5.34. The molecule has 2 aromatic rings. The van der Waals surface area contributed by atoms with Crippen LogP contribution >= 0.6 is 0 Å². The topological polar surface area (TPSA) is 53.8 Å². The highest BCUT2D eigenvalue weighted by Crippen LogP contribution is 2.41. The number of furan rings is 1. The first-order valence-corrected chi connectivity index (χ1v) is 8.93. The largest absolute Gasteiger partial charge is 0.472 e. The van der Waals surface area contributed by atoms with Crippen LogP contribution in [0.3, 0.4) is 0 Å². The number of hydrogen-bond donors (Lipinski definition) is 0. The second-order valence-corrected chi connectivity index (χ2v) is 7.23. The molecule has 1 aromatic heterocycles. The molecule has 0 aliphatic carbocycles. The van der Waals surface area contributed by atoms with Crippen LogP contribution in [-0.2, 0) is 11.3 Å². The van der Waals surface area contributed by atoms with E-state index >= 15 is 0 Å². The Kier molecular flexibility index (Phi) is 4.26. The number of carbonyl (C=O) groups is 2. The lowest BCUT2D eigenvalue weighted by Gasteiger charge is -2.39. The second kappa shape index (κ2) is 6.59. The molecule has 5 nitrogen and oxygen atoms in total. The molecular weight excluding hydrogens is 335 g/mol. The highest BCUT2D eigenvalue weighted by molar-refractivity contribution is 5.95. The maximum absolute atomic E-state index is 13.2. The van der Waals surface area contributed by atoms with Crippen LogP contribution in [0.1, 0.15) is 35.2 Å². The van der Waals surface area contributed by atoms with Gasteiger partial charge in [-0.05, 0) is 43.0 Å². The molecule has 2 amide bonds. The molecule has 0 saturated carbocycles. The molecular formula is C20H21FN2O3. The number of hydrogen-bond acceptors (Lipinski definition) is 3. The Bertz CT molecular complexity index is 803. The third kappa shape index (κ3) is 3.00. The van der Waals surface area contributed by atoms with Crippen LogP contribution in [0, 0.1) is 11.2 Å². The summed E-state index contributed by atoms with van der Waals surface area (Å²) >= 11 is 0. The van der Waals surface area contributed by atoms with Gasteiger partial charge in [0.2, 0.25) is 5.91 Å². The minimum absolute atomic E-state index is 0.0842. The zero-order valence-corrected chi connectivity index (χ0v) is 14.5. The summed E-state index contributed by atoms with van der Waals surface area (Å²) in [6.45, 7) is 2.22. The standard InChI is InChI=1S/C20H21FN2O3/c21-17-4-2-15(3-5-17)12-22-9-1-7-20(19(22)25)8-10-23(14-20)18(24)16-6-11-26-13-16/h2-6,11,13H,1,7-10,12,14H2/t20-/m0/s1. The van der Waals surface area contributed by atoms with Crippen LogP contribution in [0.4, 0.5) is 4.39 Å². The molecule has 0 unspecified atom stereocenters. The predicted octanol–water partition coefficient (Wildman–Crippen LogP) is 3.07. The average Bonchev–Trinajstić information content (AvgIpc) is 3.31. The van der Waals surface area contributed by atoms with Crippen molar-refractivity contribution in [1.29, 1.82) is 0 Å². The van der Waals surface area contributed by atoms with Crippen LogP contribution in [0.2, 0.25) is 0 Å². The first-order chi connectivity index (χ1) is 12.6. The summed E-state index contributed by atoms with van der Waals surface area (Å²) < 4.78 is 18.1. The van der Waals surface area contributed by atoms with E-state index in [1.165, 1.54) is 24.7 Å². The van der Waals surface area contributed by atoms with Crippen LogP contribution in [0.5, 0.6) is 0 Å². The first kappa shape index (κ1) is 16.8. The van der Waals surface area contributed by atoms with Crippen molar-refractivity contribution in [2.75, 3.05) is 19.6 Å². The first-order valence-electron chi connectivity index (χ1n) is 8.93. The Labute approximate surface area is 151 Å². The number of carbonyl (C=O) groups excluding carboxylic acids is 2. The van der Waals surface area contributed by atoms with Crippen molar-refractivity contribution in [1.82, 2.24) is 9.80 Å². The fraction of sp³-hybridized carbons (Fsp3) is 0.400. The summed E-state index contributed by atoms with van der Waals surface area (Å²) in [7, 11) is 0. The van der Waals surface area contributed by atoms with Gasteiger partial charge in [0, 0.05) is 26.2 Å². The Morgan fingerprint density at radius 3 is 2.69 bits per heavy atom. The smallest absolute Gasteiger partial charge is 0.257 e. The highest BCUT2D eigenvalue weighted by atomic mass is 19.1. The van der Waals surface area contributed by atoms with Crippen LogP contribution in [-0.4, -0.2) is 41.2 Å². The van der Waals surface area contributed by atoms with Crippen LogP contribution in [0.25, 0.3) is 0 Å². The van der Waals surface area contributed by atoms with Gasteiger partial charge in [-0.15, -0.1) is 0 Å². The number of piperidine rings is 1. The number of amides is 2. The van der Waals surface area contributed by atoms with E-state index < -0.39 is 5.41 Å². The van der Waals surface area contributed by atoms with Gasteiger partial charge in [-0.25, -0.2) is 4.39 Å². The van der Waals surface area contributed by atoms with Gasteiger partial charge in [0.15, 0.2) is 0 Å². The van der Waals surface area contributed by atoms with E-state index in [1.54, 1.807) is 23.1 Å². The van der Waals surface area contributed by atoms with E-state index in [1.807, 2.05) is 4.90 Å². The van der Waals surface area contributed by atoms with Crippen molar-refractivity contribution in [2.45, 2.75) is 25.8 Å². The molecule has 1 spiro atoms. The van der Waals surface area contributed by atoms with Crippen molar-refractivity contribution >= 4 is 11.8 Å². The Morgan fingerprint density at radius 1 is 1.15 bits per heavy atom. The van der Waals surface area contributed by atoms with Crippen LogP contribution in [0.15, 0.2) is 47.3 Å². The van der Waals surface area contributed by atoms with Gasteiger partial charge in [0.1, 0.15) is 12.1 Å². The minimum atomic E-state index is -0.488. The minimum Gasteiger partial charge on any atom is -0.472 e. The predicted molar refractivity (Wildman–Crippen MR) is 92.7 cm³/mol. The Balaban J connectivity index is 1.47. The summed E-state index contributed by atoms with van der Waals surface area (Å²) in [5, 5.41) is 0. The molecule has 2 saturated heterocycles. The van der Waals surface area contributed by atoms with Crippen molar-refractivity contribution < 1.29 is 18.4 Å².